The summed E-state index contributed by atoms with van der Waals surface area (Å²) in [6.45, 7) is 0. The standard InChI is InChI=1S/C20H14BrN5O7/c1-32-18(28)14-8-12(6-7-16(14)33-20-22-9-11(21)10-23-20)24-19(29)25-17(27)13-4-2-3-5-15(13)26(30)31/h2-10H,1H3,(H2,24,25,27,29). The number of rotatable bonds is 6. The molecule has 1 heterocycles. The number of amides is 3. The van der Waals surface area contributed by atoms with Crippen molar-refractivity contribution < 1.29 is 28.8 Å². The maximum Gasteiger partial charge on any atom is 0.341 e. The fourth-order valence-corrected chi connectivity index (χ4v) is 2.78. The van der Waals surface area contributed by atoms with Gasteiger partial charge in [-0.25, -0.2) is 19.6 Å². The van der Waals surface area contributed by atoms with Gasteiger partial charge in [0.15, 0.2) is 0 Å². The molecule has 3 amide bonds. The van der Waals surface area contributed by atoms with Gasteiger partial charge in [0.25, 0.3) is 11.6 Å². The van der Waals surface area contributed by atoms with E-state index in [0.29, 0.717) is 4.47 Å². The zero-order valence-electron chi connectivity index (χ0n) is 16.8. The Morgan fingerprint density at radius 3 is 2.42 bits per heavy atom. The Balaban J connectivity index is 1.77. The SMILES string of the molecule is COC(=O)c1cc(NC(=O)NC(=O)c2ccccc2[N+](=O)[O-])ccc1Oc1ncc(Br)cn1. The number of aromatic nitrogens is 2. The highest BCUT2D eigenvalue weighted by molar-refractivity contribution is 9.10. The van der Waals surface area contributed by atoms with Crippen LogP contribution in [0.1, 0.15) is 20.7 Å². The number of nitrogens with one attached hydrogen (secondary N) is 2. The monoisotopic (exact) mass is 515 g/mol. The highest BCUT2D eigenvalue weighted by atomic mass is 79.9. The zero-order valence-corrected chi connectivity index (χ0v) is 18.4. The van der Waals surface area contributed by atoms with Gasteiger partial charge >= 0.3 is 18.0 Å². The number of esters is 1. The lowest BCUT2D eigenvalue weighted by atomic mass is 10.1. The van der Waals surface area contributed by atoms with Crippen molar-refractivity contribution in [3.05, 3.63) is 80.6 Å². The first kappa shape index (κ1) is 23.3. The molecule has 0 bridgehead atoms. The number of hydrogen-bond donors (Lipinski definition) is 2. The molecule has 0 unspecified atom stereocenters. The number of methoxy groups -OCH3 is 1. The highest BCUT2D eigenvalue weighted by Crippen LogP contribution is 2.27. The average Bonchev–Trinajstić information content (AvgIpc) is 2.80. The van der Waals surface area contributed by atoms with Crippen LogP contribution in [-0.4, -0.2) is 39.9 Å². The van der Waals surface area contributed by atoms with Gasteiger partial charge in [-0.05, 0) is 40.2 Å². The van der Waals surface area contributed by atoms with Gasteiger partial charge < -0.3 is 14.8 Å². The van der Waals surface area contributed by atoms with Crippen LogP contribution in [0.15, 0.2) is 59.3 Å². The van der Waals surface area contributed by atoms with Gasteiger partial charge in [-0.15, -0.1) is 0 Å². The molecular formula is C20H14BrN5O7. The fraction of sp³-hybridized carbons (Fsp3) is 0.0500. The van der Waals surface area contributed by atoms with E-state index in [4.69, 9.17) is 9.47 Å². The number of carbonyl (C=O) groups is 3. The van der Waals surface area contributed by atoms with E-state index in [1.54, 1.807) is 0 Å². The summed E-state index contributed by atoms with van der Waals surface area (Å²) < 4.78 is 10.9. The number of carbonyl (C=O) groups excluding carboxylic acids is 3. The van der Waals surface area contributed by atoms with Crippen LogP contribution < -0.4 is 15.4 Å². The van der Waals surface area contributed by atoms with E-state index < -0.39 is 28.5 Å². The Morgan fingerprint density at radius 1 is 1.06 bits per heavy atom. The topological polar surface area (TPSA) is 163 Å². The Kier molecular flexibility index (Phi) is 7.25. The highest BCUT2D eigenvalue weighted by Gasteiger charge is 2.21. The van der Waals surface area contributed by atoms with Gasteiger partial charge in [0.05, 0.1) is 16.5 Å². The number of nitro groups is 1. The van der Waals surface area contributed by atoms with Gasteiger partial charge in [0, 0.05) is 24.1 Å². The second-order valence-corrected chi connectivity index (χ2v) is 7.09. The number of hydrogen-bond acceptors (Lipinski definition) is 9. The van der Waals surface area contributed by atoms with Crippen molar-refractivity contribution in [2.24, 2.45) is 0 Å². The Morgan fingerprint density at radius 2 is 1.76 bits per heavy atom. The number of nitro benzene ring substituents is 1. The molecule has 0 atom stereocenters. The smallest absolute Gasteiger partial charge is 0.341 e. The average molecular weight is 516 g/mol. The number of halogens is 1. The second-order valence-electron chi connectivity index (χ2n) is 6.17. The molecule has 168 valence electrons. The molecule has 2 N–H and O–H groups in total. The maximum absolute atomic E-state index is 12.3. The quantitative estimate of drug-likeness (QED) is 0.283. The number of imide groups is 1. The Bertz CT molecular complexity index is 1230. The summed E-state index contributed by atoms with van der Waals surface area (Å²) in [4.78, 5) is 55.0. The molecule has 0 aliphatic heterocycles. The van der Waals surface area contributed by atoms with Crippen LogP contribution in [0.25, 0.3) is 0 Å². The van der Waals surface area contributed by atoms with E-state index in [1.165, 1.54) is 55.9 Å². The van der Waals surface area contributed by atoms with Crippen molar-refractivity contribution in [1.29, 1.82) is 0 Å². The minimum absolute atomic E-state index is 0.0307. The van der Waals surface area contributed by atoms with Crippen molar-refractivity contribution in [1.82, 2.24) is 15.3 Å². The van der Waals surface area contributed by atoms with Crippen LogP contribution in [0.2, 0.25) is 0 Å². The molecule has 0 spiro atoms. The van der Waals surface area contributed by atoms with Gasteiger partial charge in [-0.2, -0.15) is 0 Å². The number of urea groups is 1. The summed E-state index contributed by atoms with van der Waals surface area (Å²) in [5.41, 5.74) is -0.669. The third kappa shape index (κ3) is 5.86. The van der Waals surface area contributed by atoms with Gasteiger partial charge in [0.2, 0.25) is 0 Å². The molecule has 0 aliphatic carbocycles. The Labute approximate surface area is 194 Å². The lowest BCUT2D eigenvalue weighted by molar-refractivity contribution is -0.385. The molecule has 3 rings (SSSR count). The second kappa shape index (κ2) is 10.3. The number of anilines is 1. The molecule has 13 heteroatoms. The molecular weight excluding hydrogens is 502 g/mol. The van der Waals surface area contributed by atoms with Crippen molar-refractivity contribution in [2.45, 2.75) is 0 Å². The van der Waals surface area contributed by atoms with Gasteiger partial charge in [0.1, 0.15) is 16.9 Å². The van der Waals surface area contributed by atoms with Crippen molar-refractivity contribution >= 4 is 45.2 Å². The van der Waals surface area contributed by atoms with Crippen LogP contribution >= 0.6 is 15.9 Å². The fourth-order valence-electron chi connectivity index (χ4n) is 2.58. The minimum Gasteiger partial charge on any atom is -0.465 e. The normalized spacial score (nSPS) is 10.1. The minimum atomic E-state index is -0.973. The van der Waals surface area contributed by atoms with Crippen molar-refractivity contribution in [3.63, 3.8) is 0 Å². The van der Waals surface area contributed by atoms with Gasteiger partial charge in [-0.3, -0.25) is 20.2 Å². The predicted octanol–water partition coefficient (Wildman–Crippen LogP) is 3.69. The summed E-state index contributed by atoms with van der Waals surface area (Å²) >= 11 is 3.20. The van der Waals surface area contributed by atoms with Crippen LogP contribution in [-0.2, 0) is 4.74 Å². The lowest BCUT2D eigenvalue weighted by Crippen LogP contribution is -2.34. The molecule has 0 fully saturated rings. The van der Waals surface area contributed by atoms with Crippen LogP contribution in [0.4, 0.5) is 16.2 Å². The third-order valence-corrected chi connectivity index (χ3v) is 4.42. The van der Waals surface area contributed by atoms with E-state index in [-0.39, 0.29) is 28.6 Å². The maximum atomic E-state index is 12.3. The van der Waals surface area contributed by atoms with E-state index in [9.17, 15) is 24.5 Å². The number of nitrogens with zero attached hydrogens (tertiary/aromatic N) is 3. The number of ether oxygens (including phenoxy) is 2. The largest absolute Gasteiger partial charge is 0.465 e. The van der Waals surface area contributed by atoms with Crippen molar-refractivity contribution in [2.75, 3.05) is 12.4 Å². The summed E-state index contributed by atoms with van der Waals surface area (Å²) in [5.74, 6) is -1.67. The van der Waals surface area contributed by atoms with Crippen LogP contribution in [0.5, 0.6) is 11.8 Å². The molecule has 33 heavy (non-hydrogen) atoms. The van der Waals surface area contributed by atoms with Crippen molar-refractivity contribution in [3.8, 4) is 11.8 Å². The summed E-state index contributed by atoms with van der Waals surface area (Å²) in [7, 11) is 1.17. The predicted molar refractivity (Wildman–Crippen MR) is 117 cm³/mol. The number of para-hydroxylation sites is 1. The van der Waals surface area contributed by atoms with E-state index in [1.807, 2.05) is 5.32 Å². The van der Waals surface area contributed by atoms with Crippen LogP contribution in [0, 0.1) is 10.1 Å². The molecule has 3 aromatic rings. The third-order valence-electron chi connectivity index (χ3n) is 4.01. The number of benzene rings is 2. The molecule has 0 aliphatic rings. The first-order valence-electron chi connectivity index (χ1n) is 9.02. The summed E-state index contributed by atoms with van der Waals surface area (Å²) in [5, 5.41) is 15.4. The zero-order chi connectivity index (χ0) is 24.0. The van der Waals surface area contributed by atoms with Gasteiger partial charge in [-0.1, -0.05) is 12.1 Å². The molecule has 0 radical (unpaired) electrons. The van der Waals surface area contributed by atoms with E-state index in [2.05, 4.69) is 31.2 Å². The first-order valence-corrected chi connectivity index (χ1v) is 9.81. The molecule has 0 saturated heterocycles. The molecule has 1 aromatic heterocycles. The molecule has 2 aromatic carbocycles. The van der Waals surface area contributed by atoms with E-state index >= 15 is 0 Å². The summed E-state index contributed by atoms with van der Waals surface area (Å²) in [6, 6.07) is 8.20. The van der Waals surface area contributed by atoms with Crippen LogP contribution in [0.3, 0.4) is 0 Å². The van der Waals surface area contributed by atoms with E-state index in [0.717, 1.165) is 6.07 Å². The summed E-state index contributed by atoms with van der Waals surface area (Å²) in [6.07, 6.45) is 2.91. The Hall–Kier alpha value is -4.39. The molecule has 0 saturated carbocycles. The first-order chi connectivity index (χ1) is 15.8. The lowest BCUT2D eigenvalue weighted by Gasteiger charge is -2.12. The molecule has 12 nitrogen and oxygen atoms in total.